The van der Waals surface area contributed by atoms with Gasteiger partial charge < -0.3 is 14.2 Å². The number of methoxy groups -OCH3 is 1. The molecule has 0 aromatic heterocycles. The maximum Gasteiger partial charge on any atom is 0.315 e. The van der Waals surface area contributed by atoms with Crippen molar-refractivity contribution >= 4 is 5.57 Å². The van der Waals surface area contributed by atoms with E-state index >= 15 is 0 Å². The number of nitriles is 1. The van der Waals surface area contributed by atoms with Gasteiger partial charge in [0.2, 0.25) is 0 Å². The molecule has 1 atom stereocenters. The van der Waals surface area contributed by atoms with Crippen molar-refractivity contribution in [1.29, 1.82) is 5.26 Å². The molecule has 0 radical (unpaired) electrons. The van der Waals surface area contributed by atoms with Gasteiger partial charge >= 0.3 is 6.48 Å². The fourth-order valence-electron chi connectivity index (χ4n) is 2.07. The van der Waals surface area contributed by atoms with Gasteiger partial charge in [0, 0.05) is 12.7 Å². The summed E-state index contributed by atoms with van der Waals surface area (Å²) in [4.78, 5) is 0. The molecule has 0 spiro atoms. The number of hydrogen-bond acceptors (Lipinski definition) is 4. The fourth-order valence-corrected chi connectivity index (χ4v) is 2.07. The molecule has 0 N–H and O–H groups in total. The van der Waals surface area contributed by atoms with Gasteiger partial charge in [0.1, 0.15) is 5.75 Å². The first-order valence-electron chi connectivity index (χ1n) is 7.39. The topological polar surface area (TPSA) is 51.5 Å². The normalized spacial score (nSPS) is 13.6. The van der Waals surface area contributed by atoms with Crippen LogP contribution in [-0.2, 0) is 14.9 Å². The Hall–Kier alpha value is -1.83. The molecule has 0 aliphatic rings. The summed E-state index contributed by atoms with van der Waals surface area (Å²) in [7, 11) is 1.54. The molecule has 1 aromatic carbocycles. The summed E-state index contributed by atoms with van der Waals surface area (Å²) in [6.45, 7) is 9.80. The van der Waals surface area contributed by atoms with E-state index in [1.165, 1.54) is 0 Å². The minimum atomic E-state index is -0.742. The second-order valence-corrected chi connectivity index (χ2v) is 5.87. The van der Waals surface area contributed by atoms with Crippen molar-refractivity contribution in [1.82, 2.24) is 0 Å². The first-order valence-corrected chi connectivity index (χ1v) is 7.39. The summed E-state index contributed by atoms with van der Waals surface area (Å²) in [5, 5.41) is 9.21. The summed E-state index contributed by atoms with van der Waals surface area (Å²) in [6, 6.07) is 7.94. The molecule has 0 saturated heterocycles. The predicted molar refractivity (Wildman–Crippen MR) is 87.5 cm³/mol. The largest absolute Gasteiger partial charge is 0.441 e. The standard InChI is InChI=1S/C18H25NO3/c1-7-13(12-19)14-9-10-16(15(11-14)18(3,4)5)22-17(20-6)21-8-2/h7,9-11,17H,8H2,1-6H3. The second-order valence-electron chi connectivity index (χ2n) is 5.87. The first kappa shape index (κ1) is 18.2. The lowest BCUT2D eigenvalue weighted by molar-refractivity contribution is -0.231. The maximum absolute atomic E-state index is 9.21. The Morgan fingerprint density at radius 1 is 1.36 bits per heavy atom. The molecular weight excluding hydrogens is 278 g/mol. The third kappa shape index (κ3) is 4.59. The summed E-state index contributed by atoms with van der Waals surface area (Å²) in [5.41, 5.74) is 2.39. The van der Waals surface area contributed by atoms with E-state index < -0.39 is 6.48 Å². The summed E-state index contributed by atoms with van der Waals surface area (Å²) >= 11 is 0. The van der Waals surface area contributed by atoms with Gasteiger partial charge in [-0.25, -0.2) is 0 Å². The highest BCUT2D eigenvalue weighted by Crippen LogP contribution is 2.34. The molecule has 0 bridgehead atoms. The minimum absolute atomic E-state index is 0.135. The van der Waals surface area contributed by atoms with E-state index in [4.69, 9.17) is 14.2 Å². The molecule has 120 valence electrons. The summed E-state index contributed by atoms with van der Waals surface area (Å²) in [6.07, 6.45) is 1.81. The molecule has 0 aliphatic carbocycles. The van der Waals surface area contributed by atoms with Crippen molar-refractivity contribution in [3.63, 3.8) is 0 Å². The van der Waals surface area contributed by atoms with Crippen LogP contribution in [0, 0.1) is 11.3 Å². The van der Waals surface area contributed by atoms with Crippen molar-refractivity contribution in [3.05, 3.63) is 35.4 Å². The Bertz CT molecular complexity index is 565. The van der Waals surface area contributed by atoms with Crippen LogP contribution in [0.1, 0.15) is 45.7 Å². The van der Waals surface area contributed by atoms with E-state index in [9.17, 15) is 5.26 Å². The minimum Gasteiger partial charge on any atom is -0.441 e. The Kier molecular flexibility index (Phi) is 6.61. The highest BCUT2D eigenvalue weighted by Gasteiger charge is 2.22. The molecule has 4 nitrogen and oxygen atoms in total. The Morgan fingerprint density at radius 3 is 2.50 bits per heavy atom. The van der Waals surface area contributed by atoms with E-state index in [0.29, 0.717) is 17.9 Å². The molecule has 0 fully saturated rings. The van der Waals surface area contributed by atoms with Gasteiger partial charge in [-0.15, -0.1) is 0 Å². The lowest BCUT2D eigenvalue weighted by Gasteiger charge is -2.26. The Morgan fingerprint density at radius 2 is 2.05 bits per heavy atom. The zero-order chi connectivity index (χ0) is 16.8. The van der Waals surface area contributed by atoms with Crippen molar-refractivity contribution in [2.45, 2.75) is 46.5 Å². The molecular formula is C18H25NO3. The predicted octanol–water partition coefficient (Wildman–Crippen LogP) is 4.26. The average molecular weight is 303 g/mol. The van der Waals surface area contributed by atoms with Crippen LogP contribution in [0.4, 0.5) is 0 Å². The van der Waals surface area contributed by atoms with Gasteiger partial charge in [-0.1, -0.05) is 26.8 Å². The van der Waals surface area contributed by atoms with Crippen molar-refractivity contribution < 1.29 is 14.2 Å². The summed E-state index contributed by atoms with van der Waals surface area (Å²) in [5.74, 6) is 0.699. The van der Waals surface area contributed by atoms with Crippen LogP contribution in [0.5, 0.6) is 5.75 Å². The SMILES string of the molecule is CC=C(C#N)c1ccc(OC(OC)OCC)c(C(C)(C)C)c1. The van der Waals surface area contributed by atoms with E-state index in [1.807, 2.05) is 32.0 Å². The smallest absolute Gasteiger partial charge is 0.315 e. The van der Waals surface area contributed by atoms with Gasteiger partial charge in [0.05, 0.1) is 18.2 Å². The number of rotatable bonds is 6. The quantitative estimate of drug-likeness (QED) is 0.582. The number of hydrogen-bond donors (Lipinski definition) is 0. The van der Waals surface area contributed by atoms with Gasteiger partial charge in [-0.3, -0.25) is 0 Å². The monoisotopic (exact) mass is 303 g/mol. The molecule has 0 saturated carbocycles. The van der Waals surface area contributed by atoms with Gasteiger partial charge in [-0.05, 0) is 43.0 Å². The Balaban J connectivity index is 3.26. The van der Waals surface area contributed by atoms with Gasteiger partial charge in [0.15, 0.2) is 0 Å². The lowest BCUT2D eigenvalue weighted by atomic mass is 9.84. The molecule has 0 aliphatic heterocycles. The van der Waals surface area contributed by atoms with Crippen LogP contribution in [-0.4, -0.2) is 20.2 Å². The highest BCUT2D eigenvalue weighted by atomic mass is 16.8. The van der Waals surface area contributed by atoms with E-state index in [2.05, 4.69) is 26.8 Å². The second kappa shape index (κ2) is 7.98. The van der Waals surface area contributed by atoms with Crippen molar-refractivity contribution in [2.75, 3.05) is 13.7 Å². The van der Waals surface area contributed by atoms with Crippen LogP contribution in [0.2, 0.25) is 0 Å². The van der Waals surface area contributed by atoms with Crippen molar-refractivity contribution in [3.8, 4) is 11.8 Å². The molecule has 1 aromatic rings. The van der Waals surface area contributed by atoms with Crippen LogP contribution in [0.25, 0.3) is 5.57 Å². The molecule has 0 amide bonds. The van der Waals surface area contributed by atoms with Crippen molar-refractivity contribution in [2.24, 2.45) is 0 Å². The molecule has 1 rings (SSSR count). The third-order valence-corrected chi connectivity index (χ3v) is 3.23. The highest BCUT2D eigenvalue weighted by molar-refractivity contribution is 5.77. The van der Waals surface area contributed by atoms with Gasteiger partial charge in [-0.2, -0.15) is 5.26 Å². The van der Waals surface area contributed by atoms with Gasteiger partial charge in [0.25, 0.3) is 0 Å². The molecule has 4 heteroatoms. The van der Waals surface area contributed by atoms with Crippen LogP contribution in [0.15, 0.2) is 24.3 Å². The van der Waals surface area contributed by atoms with Crippen LogP contribution >= 0.6 is 0 Å². The zero-order valence-corrected chi connectivity index (χ0v) is 14.3. The fraction of sp³-hybridized carbons (Fsp3) is 0.500. The first-order chi connectivity index (χ1) is 10.4. The maximum atomic E-state index is 9.21. The van der Waals surface area contributed by atoms with E-state index in [-0.39, 0.29) is 5.41 Å². The number of nitrogens with zero attached hydrogens (tertiary/aromatic N) is 1. The number of benzene rings is 1. The average Bonchev–Trinajstić information content (AvgIpc) is 2.48. The van der Waals surface area contributed by atoms with Crippen LogP contribution < -0.4 is 4.74 Å². The van der Waals surface area contributed by atoms with E-state index in [0.717, 1.165) is 11.1 Å². The van der Waals surface area contributed by atoms with Crippen LogP contribution in [0.3, 0.4) is 0 Å². The van der Waals surface area contributed by atoms with E-state index in [1.54, 1.807) is 13.2 Å². The number of ether oxygens (including phenoxy) is 3. The third-order valence-electron chi connectivity index (χ3n) is 3.23. The Labute approximate surface area is 133 Å². The number of allylic oxidation sites excluding steroid dienone is 2. The zero-order valence-electron chi connectivity index (χ0n) is 14.3. The summed E-state index contributed by atoms with van der Waals surface area (Å²) < 4.78 is 16.4. The molecule has 22 heavy (non-hydrogen) atoms. The lowest BCUT2D eigenvalue weighted by Crippen LogP contribution is -2.24. The molecule has 1 unspecified atom stereocenters. The molecule has 0 heterocycles.